The van der Waals surface area contributed by atoms with Crippen molar-refractivity contribution in [3.8, 4) is 23.0 Å². The second-order valence-corrected chi connectivity index (χ2v) is 11.4. The number of benzene rings is 4. The van der Waals surface area contributed by atoms with Crippen molar-refractivity contribution in [3.63, 3.8) is 0 Å². The maximum Gasteiger partial charge on any atom is 1.00 e. The predicted octanol–water partition coefficient (Wildman–Crippen LogP) is -3.81. The maximum absolute atomic E-state index is 13.5. The van der Waals surface area contributed by atoms with Crippen molar-refractivity contribution in [2.24, 2.45) is 0 Å². The molecule has 0 saturated heterocycles. The van der Waals surface area contributed by atoms with Gasteiger partial charge in [-0.2, -0.15) is 0 Å². The SMILES string of the molecule is [Na+].[Na+].[Na+].[Na+].[O-]c1ccc(Cl)cc1C(c1cc(Cl)ccc1[O-])C(c1c([O-])c(Cl)cc(Cl)c1Cl)c1c([O-])c(Cl)cc(Cl)c1Cl. The van der Waals surface area contributed by atoms with Gasteiger partial charge in [0, 0.05) is 31.9 Å². The van der Waals surface area contributed by atoms with Crippen LogP contribution in [0.5, 0.6) is 23.0 Å². The Morgan fingerprint density at radius 2 is 0.762 bits per heavy atom. The third-order valence-electron chi connectivity index (χ3n) is 5.89. The zero-order valence-corrected chi connectivity index (χ0v) is 36.5. The zero-order chi connectivity index (χ0) is 28.0. The Hall–Kier alpha value is 2.40. The van der Waals surface area contributed by atoms with Crippen molar-refractivity contribution in [1.29, 1.82) is 0 Å². The van der Waals surface area contributed by atoms with Crippen LogP contribution in [0.1, 0.15) is 34.1 Å². The summed E-state index contributed by atoms with van der Waals surface area (Å²) < 4.78 is 0. The second kappa shape index (κ2) is 18.8. The standard InChI is InChI=1S/C26H14Cl8O4.4Na/c27-9-1-3-17(35)11(5-9)19(12-6-10(28)2-4-18(12)36)20(21-23(33)13(29)7-15(31)25(21)37)22-24(34)14(30)8-16(32)26(22)38;;;;/h1-8,19-20,35-38H;;;;/q;4*+1/p-4. The van der Waals surface area contributed by atoms with Gasteiger partial charge in [0.15, 0.2) is 0 Å². The minimum Gasteiger partial charge on any atom is -0.872 e. The van der Waals surface area contributed by atoms with Crippen molar-refractivity contribution in [2.45, 2.75) is 11.8 Å². The molecule has 198 valence electrons. The monoisotopic (exact) mass is 758 g/mol. The van der Waals surface area contributed by atoms with E-state index < -0.39 is 34.8 Å². The van der Waals surface area contributed by atoms with Crippen LogP contribution in [0.25, 0.3) is 0 Å². The molecule has 0 fully saturated rings. The molecule has 16 heteroatoms. The Balaban J connectivity index is 0.00000420. The molecular formula is C26H10Cl8Na4O4. The average Bonchev–Trinajstić information content (AvgIpc) is 2.85. The van der Waals surface area contributed by atoms with E-state index in [1.807, 2.05) is 0 Å². The van der Waals surface area contributed by atoms with Crippen molar-refractivity contribution in [3.05, 3.63) is 111 Å². The minimum absolute atomic E-state index is 0. The summed E-state index contributed by atoms with van der Waals surface area (Å²) in [6.07, 6.45) is 0. The van der Waals surface area contributed by atoms with Gasteiger partial charge in [-0.1, -0.05) is 116 Å². The molecule has 0 radical (unpaired) electrons. The van der Waals surface area contributed by atoms with Crippen LogP contribution < -0.4 is 139 Å². The molecule has 0 amide bonds. The molecule has 0 aliphatic carbocycles. The molecular weight excluding hydrogens is 752 g/mol. The first-order valence-electron chi connectivity index (χ1n) is 10.4. The van der Waals surface area contributed by atoms with E-state index in [2.05, 4.69) is 0 Å². The fourth-order valence-electron chi connectivity index (χ4n) is 4.28. The number of hydrogen-bond acceptors (Lipinski definition) is 4. The topological polar surface area (TPSA) is 92.2 Å². The molecule has 0 saturated carbocycles. The average molecular weight is 762 g/mol. The maximum atomic E-state index is 13.5. The van der Waals surface area contributed by atoms with Gasteiger partial charge in [-0.05, 0) is 58.7 Å². The van der Waals surface area contributed by atoms with Gasteiger partial charge in [-0.15, -0.1) is 11.5 Å². The normalized spacial score (nSPS) is 10.4. The molecule has 42 heavy (non-hydrogen) atoms. The molecule has 0 N–H and O–H groups in total. The molecule has 4 nitrogen and oxygen atoms in total. The van der Waals surface area contributed by atoms with Crippen LogP contribution in [-0.4, -0.2) is 0 Å². The molecule has 0 spiro atoms. The first kappa shape index (κ1) is 44.4. The van der Waals surface area contributed by atoms with Gasteiger partial charge in [0.05, 0.1) is 20.1 Å². The quantitative estimate of drug-likeness (QED) is 0.154. The third-order valence-corrected chi connectivity index (χ3v) is 8.53. The van der Waals surface area contributed by atoms with Gasteiger partial charge in [0.25, 0.3) is 0 Å². The molecule has 0 heterocycles. The summed E-state index contributed by atoms with van der Waals surface area (Å²) in [5, 5.41) is 52.3. The molecule has 0 unspecified atom stereocenters. The molecule has 0 aliphatic heterocycles. The van der Waals surface area contributed by atoms with E-state index in [0.717, 1.165) is 12.1 Å². The van der Waals surface area contributed by atoms with Crippen molar-refractivity contribution >= 4 is 92.8 Å². The van der Waals surface area contributed by atoms with Gasteiger partial charge in [-0.25, -0.2) is 0 Å². The van der Waals surface area contributed by atoms with E-state index in [0.29, 0.717) is 0 Å². The van der Waals surface area contributed by atoms with Crippen LogP contribution in [0, 0.1) is 0 Å². The molecule has 4 rings (SSSR count). The third kappa shape index (κ3) is 9.30. The van der Waals surface area contributed by atoms with E-state index in [-0.39, 0.29) is 181 Å². The van der Waals surface area contributed by atoms with Crippen LogP contribution in [0.15, 0.2) is 48.5 Å². The molecule has 0 atom stereocenters. The summed E-state index contributed by atoms with van der Waals surface area (Å²) in [7, 11) is 0. The Bertz CT molecular complexity index is 1430. The van der Waals surface area contributed by atoms with Crippen LogP contribution in [0.4, 0.5) is 0 Å². The summed E-state index contributed by atoms with van der Waals surface area (Å²) in [5.74, 6) is -5.74. The molecule has 0 bridgehead atoms. The number of halogens is 8. The summed E-state index contributed by atoms with van der Waals surface area (Å²) >= 11 is 50.5. The Labute approximate surface area is 371 Å². The Morgan fingerprint density at radius 3 is 1.10 bits per heavy atom. The summed E-state index contributed by atoms with van der Waals surface area (Å²) in [6, 6.07) is 9.90. The van der Waals surface area contributed by atoms with Gasteiger partial charge in [-0.3, -0.25) is 0 Å². The van der Waals surface area contributed by atoms with Crippen molar-refractivity contribution < 1.29 is 139 Å². The number of rotatable bonds is 5. The van der Waals surface area contributed by atoms with E-state index in [1.54, 1.807) is 0 Å². The van der Waals surface area contributed by atoms with Crippen LogP contribution in [-0.2, 0) is 0 Å². The van der Waals surface area contributed by atoms with Crippen molar-refractivity contribution in [1.82, 2.24) is 0 Å². The second-order valence-electron chi connectivity index (χ2n) is 8.11. The van der Waals surface area contributed by atoms with Crippen LogP contribution in [0.3, 0.4) is 0 Å². The summed E-state index contributed by atoms with van der Waals surface area (Å²) in [5.41, 5.74) is -0.768. The minimum atomic E-state index is -1.54. The largest absolute Gasteiger partial charge is 1.00 e. The van der Waals surface area contributed by atoms with Crippen molar-refractivity contribution in [2.75, 3.05) is 0 Å². The van der Waals surface area contributed by atoms with E-state index in [4.69, 9.17) is 92.8 Å². The van der Waals surface area contributed by atoms with Gasteiger partial charge < -0.3 is 20.4 Å². The Morgan fingerprint density at radius 1 is 0.429 bits per heavy atom. The van der Waals surface area contributed by atoms with E-state index in [9.17, 15) is 20.4 Å². The van der Waals surface area contributed by atoms with E-state index in [1.165, 1.54) is 36.4 Å². The Kier molecular flexibility index (Phi) is 19.9. The van der Waals surface area contributed by atoms with Gasteiger partial charge in [0.1, 0.15) is 0 Å². The van der Waals surface area contributed by atoms with Crippen LogP contribution in [0.2, 0.25) is 40.2 Å². The van der Waals surface area contributed by atoms with Gasteiger partial charge >= 0.3 is 118 Å². The summed E-state index contributed by atoms with van der Waals surface area (Å²) in [6.45, 7) is 0. The zero-order valence-electron chi connectivity index (χ0n) is 22.4. The predicted molar refractivity (Wildman–Crippen MR) is 147 cm³/mol. The molecule has 4 aromatic carbocycles. The smallest absolute Gasteiger partial charge is 0.872 e. The fraction of sp³-hybridized carbons (Fsp3) is 0.0769. The van der Waals surface area contributed by atoms with E-state index >= 15 is 0 Å². The van der Waals surface area contributed by atoms with Gasteiger partial charge in [0.2, 0.25) is 0 Å². The van der Waals surface area contributed by atoms with Crippen LogP contribution >= 0.6 is 92.8 Å². The summed E-state index contributed by atoms with van der Waals surface area (Å²) in [4.78, 5) is 0. The molecule has 0 aliphatic rings. The molecule has 4 aromatic rings. The molecule has 0 aromatic heterocycles. The number of hydrogen-bond donors (Lipinski definition) is 0. The first-order chi connectivity index (χ1) is 17.8. The fourth-order valence-corrected chi connectivity index (χ4v) is 6.11. The first-order valence-corrected chi connectivity index (χ1v) is 13.5.